The molecule has 6 rings (SSSR count). The number of hydrogen-bond acceptors (Lipinski definition) is 6. The van der Waals surface area contributed by atoms with Crippen molar-refractivity contribution in [1.29, 1.82) is 5.26 Å². The van der Waals surface area contributed by atoms with Crippen LogP contribution in [0.2, 0.25) is 0 Å². The van der Waals surface area contributed by atoms with Gasteiger partial charge in [0, 0.05) is 59.9 Å². The topological polar surface area (TPSA) is 105 Å². The molecule has 2 fully saturated rings. The number of aromatic amines is 1. The predicted molar refractivity (Wildman–Crippen MR) is 168 cm³/mol. The Morgan fingerprint density at radius 1 is 1.02 bits per heavy atom. The molecule has 0 atom stereocenters. The van der Waals surface area contributed by atoms with Gasteiger partial charge in [0.25, 0.3) is 0 Å². The fourth-order valence-electron chi connectivity index (χ4n) is 6.23. The first-order chi connectivity index (χ1) is 20.4. The highest BCUT2D eigenvalue weighted by atomic mass is 32.2. The molecule has 42 heavy (non-hydrogen) atoms. The summed E-state index contributed by atoms with van der Waals surface area (Å²) in [5.41, 5.74) is 5.60. The molecular weight excluding hydrogens is 544 g/mol. The smallest absolute Gasteiger partial charge is 0.243 e. The molecule has 0 bridgehead atoms. The number of anilines is 2. The molecule has 8 nitrogen and oxygen atoms in total. The molecule has 4 aromatic rings. The number of pyridine rings is 1. The number of piperidine rings is 2. The zero-order chi connectivity index (χ0) is 29.1. The minimum Gasteiger partial charge on any atom is -0.361 e. The van der Waals surface area contributed by atoms with Crippen LogP contribution in [0.5, 0.6) is 0 Å². The summed E-state index contributed by atoms with van der Waals surface area (Å²) in [4.78, 5) is 10.4. The van der Waals surface area contributed by atoms with Crippen molar-refractivity contribution >= 4 is 44.5 Å². The van der Waals surface area contributed by atoms with Crippen molar-refractivity contribution in [3.05, 3.63) is 83.3 Å². The molecule has 2 N–H and O–H groups in total. The number of nitrogens with one attached hydrogen (secondary N) is 2. The molecule has 2 aliphatic rings. The van der Waals surface area contributed by atoms with Crippen LogP contribution < -0.4 is 5.32 Å². The molecule has 2 aromatic carbocycles. The highest BCUT2D eigenvalue weighted by Gasteiger charge is 2.32. The van der Waals surface area contributed by atoms with E-state index in [1.807, 2.05) is 49.5 Å². The third-order valence-corrected chi connectivity index (χ3v) is 10.5. The molecule has 216 valence electrons. The predicted octanol–water partition coefficient (Wildman–Crippen LogP) is 6.30. The third-order valence-electron chi connectivity index (χ3n) is 8.64. The van der Waals surface area contributed by atoms with Crippen LogP contribution in [0.15, 0.2) is 66.0 Å². The van der Waals surface area contributed by atoms with Gasteiger partial charge < -0.3 is 15.2 Å². The van der Waals surface area contributed by atoms with Crippen molar-refractivity contribution in [2.45, 2.75) is 50.0 Å². The molecule has 0 spiro atoms. The van der Waals surface area contributed by atoms with E-state index in [-0.39, 0.29) is 0 Å². The zero-order valence-electron chi connectivity index (χ0n) is 23.9. The Bertz CT molecular complexity index is 1760. The molecule has 0 saturated carbocycles. The molecule has 0 aliphatic carbocycles. The van der Waals surface area contributed by atoms with Gasteiger partial charge in [-0.25, -0.2) is 8.42 Å². The van der Waals surface area contributed by atoms with Crippen LogP contribution in [0.3, 0.4) is 0 Å². The van der Waals surface area contributed by atoms with Gasteiger partial charge in [0.05, 0.1) is 16.1 Å². The Morgan fingerprint density at radius 3 is 2.62 bits per heavy atom. The van der Waals surface area contributed by atoms with Crippen molar-refractivity contribution in [2.24, 2.45) is 0 Å². The Morgan fingerprint density at radius 2 is 1.83 bits per heavy atom. The monoisotopic (exact) mass is 580 g/mol. The van der Waals surface area contributed by atoms with Gasteiger partial charge in [0.15, 0.2) is 0 Å². The number of aryl methyl sites for hydroxylation is 1. The summed E-state index contributed by atoms with van der Waals surface area (Å²) in [6.07, 6.45) is 14.5. The second-order valence-corrected chi connectivity index (χ2v) is 13.1. The Hall–Kier alpha value is -3.97. The van der Waals surface area contributed by atoms with Crippen molar-refractivity contribution in [1.82, 2.24) is 19.2 Å². The number of rotatable bonds is 7. The van der Waals surface area contributed by atoms with Gasteiger partial charge >= 0.3 is 0 Å². The summed E-state index contributed by atoms with van der Waals surface area (Å²) in [7, 11) is -3.59. The minimum absolute atomic E-state index is 0.304. The van der Waals surface area contributed by atoms with E-state index in [1.165, 1.54) is 19.3 Å². The molecule has 0 unspecified atom stereocenters. The minimum atomic E-state index is -3.59. The van der Waals surface area contributed by atoms with Gasteiger partial charge in [0.1, 0.15) is 6.07 Å². The number of aromatic nitrogens is 2. The van der Waals surface area contributed by atoms with E-state index in [0.29, 0.717) is 35.3 Å². The highest BCUT2D eigenvalue weighted by Crippen LogP contribution is 2.31. The van der Waals surface area contributed by atoms with E-state index in [4.69, 9.17) is 0 Å². The van der Waals surface area contributed by atoms with Crippen LogP contribution in [0.25, 0.3) is 23.1 Å². The van der Waals surface area contributed by atoms with Crippen LogP contribution in [0.4, 0.5) is 11.4 Å². The van der Waals surface area contributed by atoms with E-state index in [9.17, 15) is 13.7 Å². The van der Waals surface area contributed by atoms with Gasteiger partial charge in [-0.05, 0) is 87.2 Å². The standard InChI is InChI=1S/C33H36N6O2S/c1-24-30-12-15-36-32(30)11-10-31(24)37-33-26(22-35-23-27(33)21-34)9-8-25-6-5-7-29(20-25)42(40,41)39-18-13-28(14-19-39)38-16-3-2-4-17-38/h5-12,15,20,22-23,28,36H,2-4,13-14,16-19H2,1H3,(H,35,37)/b9-8+. The van der Waals surface area contributed by atoms with Gasteiger partial charge in [-0.1, -0.05) is 30.7 Å². The average Bonchev–Trinajstić information content (AvgIpc) is 3.52. The number of benzene rings is 2. The maximum Gasteiger partial charge on any atom is 0.243 e. The summed E-state index contributed by atoms with van der Waals surface area (Å²) < 4.78 is 28.8. The van der Waals surface area contributed by atoms with Gasteiger partial charge in [-0.3, -0.25) is 4.98 Å². The lowest BCUT2D eigenvalue weighted by Crippen LogP contribution is -2.48. The van der Waals surface area contributed by atoms with Crippen molar-refractivity contribution in [3.8, 4) is 6.07 Å². The summed E-state index contributed by atoms with van der Waals surface area (Å²) in [6.45, 7) is 5.43. The number of hydrogen-bond donors (Lipinski definition) is 2. The number of nitriles is 1. The summed E-state index contributed by atoms with van der Waals surface area (Å²) in [5, 5.41) is 14.4. The molecular formula is C33H36N6O2S. The zero-order valence-corrected chi connectivity index (χ0v) is 24.7. The molecule has 2 aliphatic heterocycles. The quantitative estimate of drug-likeness (QED) is 0.266. The van der Waals surface area contributed by atoms with Crippen LogP contribution >= 0.6 is 0 Å². The fourth-order valence-corrected chi connectivity index (χ4v) is 7.75. The van der Waals surface area contributed by atoms with Crippen LogP contribution in [0.1, 0.15) is 54.4 Å². The van der Waals surface area contributed by atoms with Gasteiger partial charge in [-0.15, -0.1) is 0 Å². The molecule has 0 amide bonds. The Kier molecular flexibility index (Phi) is 8.11. The van der Waals surface area contributed by atoms with Crippen LogP contribution in [-0.2, 0) is 10.0 Å². The van der Waals surface area contributed by atoms with Crippen molar-refractivity contribution in [2.75, 3.05) is 31.5 Å². The Balaban J connectivity index is 1.21. The normalized spacial score (nSPS) is 17.5. The summed E-state index contributed by atoms with van der Waals surface area (Å²) in [5.74, 6) is 0. The Labute approximate surface area is 247 Å². The number of sulfonamides is 1. The molecule has 2 saturated heterocycles. The molecule has 4 heterocycles. The number of fused-ring (bicyclic) bond motifs is 1. The van der Waals surface area contributed by atoms with E-state index in [2.05, 4.69) is 26.3 Å². The average molecular weight is 581 g/mol. The maximum atomic E-state index is 13.6. The lowest BCUT2D eigenvalue weighted by atomic mass is 10.0. The molecule has 2 aromatic heterocycles. The fraction of sp³-hybridized carbons (Fsp3) is 0.333. The van der Waals surface area contributed by atoms with Crippen molar-refractivity contribution in [3.63, 3.8) is 0 Å². The van der Waals surface area contributed by atoms with E-state index >= 15 is 0 Å². The SMILES string of the molecule is Cc1c(Nc2c(C#N)cncc2/C=C/c2cccc(S(=O)(=O)N3CCC(N4CCCCC4)CC3)c2)ccc2[nH]ccc12. The summed E-state index contributed by atoms with van der Waals surface area (Å²) >= 11 is 0. The summed E-state index contributed by atoms with van der Waals surface area (Å²) in [6, 6.07) is 15.8. The molecule has 9 heteroatoms. The van der Waals surface area contributed by atoms with Crippen molar-refractivity contribution < 1.29 is 8.42 Å². The number of H-pyrrole nitrogens is 1. The van der Waals surface area contributed by atoms with E-state index in [1.54, 1.807) is 34.9 Å². The first-order valence-electron chi connectivity index (χ1n) is 14.7. The van der Waals surface area contributed by atoms with E-state index in [0.717, 1.165) is 59.2 Å². The number of nitrogens with zero attached hydrogens (tertiary/aromatic N) is 4. The largest absolute Gasteiger partial charge is 0.361 e. The van der Waals surface area contributed by atoms with Crippen LogP contribution in [-0.4, -0.2) is 59.8 Å². The van der Waals surface area contributed by atoms with Gasteiger partial charge in [-0.2, -0.15) is 9.57 Å². The van der Waals surface area contributed by atoms with Gasteiger partial charge in [0.2, 0.25) is 10.0 Å². The highest BCUT2D eigenvalue weighted by molar-refractivity contribution is 7.89. The second kappa shape index (κ2) is 12.1. The number of likely N-dealkylation sites (tertiary alicyclic amines) is 1. The van der Waals surface area contributed by atoms with E-state index < -0.39 is 10.0 Å². The maximum absolute atomic E-state index is 13.6. The van der Waals surface area contributed by atoms with Crippen LogP contribution in [0, 0.1) is 18.3 Å². The lowest BCUT2D eigenvalue weighted by molar-refractivity contribution is 0.118. The first kappa shape index (κ1) is 28.2. The third kappa shape index (κ3) is 5.71. The second-order valence-electron chi connectivity index (χ2n) is 11.2. The first-order valence-corrected chi connectivity index (χ1v) is 16.1. The lowest BCUT2D eigenvalue weighted by Gasteiger charge is -2.39. The molecule has 0 radical (unpaired) electrons.